The Kier molecular flexibility index (Phi) is 5.44. The van der Waals surface area contributed by atoms with Gasteiger partial charge in [0.1, 0.15) is 36.2 Å². The highest BCUT2D eigenvalue weighted by Crippen LogP contribution is 2.47. The van der Waals surface area contributed by atoms with E-state index in [-0.39, 0.29) is 13.2 Å². The van der Waals surface area contributed by atoms with E-state index in [1.54, 1.807) is 35.6 Å². The number of rotatable bonds is 7. The molecule has 1 saturated carbocycles. The molecule has 0 atom stereocenters. The maximum atomic E-state index is 13.4. The number of nitriles is 1. The maximum Gasteiger partial charge on any atom is 0.282 e. The van der Waals surface area contributed by atoms with E-state index in [1.165, 1.54) is 10.6 Å². The van der Waals surface area contributed by atoms with Gasteiger partial charge in [-0.3, -0.25) is 0 Å². The standard InChI is InChI=1S/C22H25N7O3S/c1-27(12-13-32-19-5-3-2-4-17(19)14-23)33(30,31)29-11-10-28(15-22(29)7-8-22)21-18-6-9-24-20(18)25-16-26-21/h2-6,9,16H,7-8,10-13,15H2,1H3,(H,24,25,26). The lowest BCUT2D eigenvalue weighted by atomic mass is 10.2. The molecule has 2 fully saturated rings. The molecule has 3 aromatic rings. The molecule has 2 aliphatic rings. The summed E-state index contributed by atoms with van der Waals surface area (Å²) in [5, 5.41) is 10.1. The first-order valence-electron chi connectivity index (χ1n) is 10.8. The zero-order chi connectivity index (χ0) is 23.1. The number of fused-ring (bicyclic) bond motifs is 1. The van der Waals surface area contributed by atoms with Crippen LogP contribution in [0.1, 0.15) is 18.4 Å². The Hall–Kier alpha value is -3.20. The molecule has 3 heterocycles. The molecule has 0 bridgehead atoms. The molecule has 1 saturated heterocycles. The molecule has 1 aromatic carbocycles. The number of nitrogens with one attached hydrogen (secondary N) is 1. The molecule has 1 spiro atoms. The third-order valence-corrected chi connectivity index (χ3v) is 8.49. The minimum atomic E-state index is -3.66. The first-order valence-corrected chi connectivity index (χ1v) is 12.2. The van der Waals surface area contributed by atoms with Crippen LogP contribution in [0.4, 0.5) is 5.82 Å². The predicted octanol–water partition coefficient (Wildman–Crippen LogP) is 1.74. The highest BCUT2D eigenvalue weighted by atomic mass is 32.2. The van der Waals surface area contributed by atoms with E-state index in [4.69, 9.17) is 4.74 Å². The smallest absolute Gasteiger partial charge is 0.282 e. The Morgan fingerprint density at radius 2 is 2.06 bits per heavy atom. The van der Waals surface area contributed by atoms with Gasteiger partial charge in [-0.2, -0.15) is 22.3 Å². The quantitative estimate of drug-likeness (QED) is 0.562. The minimum absolute atomic E-state index is 0.161. The largest absolute Gasteiger partial charge is 0.491 e. The van der Waals surface area contributed by atoms with E-state index in [2.05, 4.69) is 25.9 Å². The normalized spacial score (nSPS) is 18.0. The molecular weight excluding hydrogens is 442 g/mol. The zero-order valence-electron chi connectivity index (χ0n) is 18.3. The Bertz CT molecular complexity index is 1310. The third-order valence-electron chi connectivity index (χ3n) is 6.39. The van der Waals surface area contributed by atoms with Crippen molar-refractivity contribution >= 4 is 27.1 Å². The Labute approximate surface area is 192 Å². The number of likely N-dealkylation sites (N-methyl/N-ethyl adjacent to an activating group) is 1. The summed E-state index contributed by atoms with van der Waals surface area (Å²) >= 11 is 0. The maximum absolute atomic E-state index is 13.4. The fraction of sp³-hybridized carbons (Fsp3) is 0.409. The number of piperazine rings is 1. The van der Waals surface area contributed by atoms with Gasteiger partial charge in [0, 0.05) is 39.4 Å². The van der Waals surface area contributed by atoms with E-state index in [0.717, 1.165) is 29.7 Å². The van der Waals surface area contributed by atoms with Crippen LogP contribution < -0.4 is 9.64 Å². The van der Waals surface area contributed by atoms with Crippen LogP contribution in [0.15, 0.2) is 42.9 Å². The lowest BCUT2D eigenvalue weighted by Gasteiger charge is -2.43. The molecular formula is C22H25N7O3S. The molecule has 33 heavy (non-hydrogen) atoms. The van der Waals surface area contributed by atoms with Crippen molar-refractivity contribution in [1.82, 2.24) is 23.6 Å². The highest BCUT2D eigenvalue weighted by Gasteiger charge is 2.56. The van der Waals surface area contributed by atoms with Crippen molar-refractivity contribution in [3.8, 4) is 11.8 Å². The number of benzene rings is 1. The first-order chi connectivity index (χ1) is 15.9. The Balaban J connectivity index is 1.26. The van der Waals surface area contributed by atoms with Crippen molar-refractivity contribution in [2.24, 2.45) is 0 Å². The van der Waals surface area contributed by atoms with Crippen LogP contribution in [-0.4, -0.2) is 77.4 Å². The van der Waals surface area contributed by atoms with Crippen molar-refractivity contribution in [3.63, 3.8) is 0 Å². The van der Waals surface area contributed by atoms with Crippen LogP contribution in [0.3, 0.4) is 0 Å². The molecule has 1 aliphatic heterocycles. The van der Waals surface area contributed by atoms with Crippen LogP contribution in [-0.2, 0) is 10.2 Å². The molecule has 1 aliphatic carbocycles. The number of ether oxygens (including phenoxy) is 1. The molecule has 172 valence electrons. The van der Waals surface area contributed by atoms with E-state index < -0.39 is 15.7 Å². The Morgan fingerprint density at radius 1 is 1.24 bits per heavy atom. The Morgan fingerprint density at radius 3 is 2.85 bits per heavy atom. The first kappa shape index (κ1) is 21.6. The van der Waals surface area contributed by atoms with Gasteiger partial charge in [0.05, 0.1) is 16.5 Å². The second kappa shape index (κ2) is 8.30. The molecule has 1 N–H and O–H groups in total. The van der Waals surface area contributed by atoms with E-state index in [9.17, 15) is 13.7 Å². The van der Waals surface area contributed by atoms with Crippen LogP contribution in [0.2, 0.25) is 0 Å². The molecule has 0 unspecified atom stereocenters. The lowest BCUT2D eigenvalue weighted by Crippen LogP contribution is -2.60. The van der Waals surface area contributed by atoms with E-state index in [0.29, 0.717) is 30.9 Å². The SMILES string of the molecule is CN(CCOc1ccccc1C#N)S(=O)(=O)N1CCN(c2ncnc3[nH]ccc23)CC12CC2. The third kappa shape index (κ3) is 3.90. The van der Waals surface area contributed by atoms with Crippen molar-refractivity contribution in [2.45, 2.75) is 18.4 Å². The number of para-hydroxylation sites is 1. The van der Waals surface area contributed by atoms with Gasteiger partial charge >= 0.3 is 0 Å². The van der Waals surface area contributed by atoms with Crippen molar-refractivity contribution in [2.75, 3.05) is 44.7 Å². The lowest BCUT2D eigenvalue weighted by molar-refractivity contribution is 0.237. The van der Waals surface area contributed by atoms with E-state index in [1.807, 2.05) is 12.3 Å². The van der Waals surface area contributed by atoms with E-state index >= 15 is 0 Å². The van der Waals surface area contributed by atoms with Gasteiger partial charge in [-0.25, -0.2) is 9.97 Å². The number of hydrogen-bond donors (Lipinski definition) is 1. The van der Waals surface area contributed by atoms with Gasteiger partial charge in [-0.05, 0) is 31.0 Å². The second-order valence-corrected chi connectivity index (χ2v) is 10.4. The van der Waals surface area contributed by atoms with Crippen molar-refractivity contribution in [3.05, 3.63) is 48.4 Å². The topological polar surface area (TPSA) is 118 Å². The van der Waals surface area contributed by atoms with Gasteiger partial charge in [-0.1, -0.05) is 12.1 Å². The van der Waals surface area contributed by atoms with Crippen LogP contribution >= 0.6 is 0 Å². The summed E-state index contributed by atoms with van der Waals surface area (Å²) in [7, 11) is -2.08. The van der Waals surface area contributed by atoms with Gasteiger partial charge in [0.15, 0.2) is 0 Å². The summed E-state index contributed by atoms with van der Waals surface area (Å²) < 4.78 is 35.5. The molecule has 0 amide bonds. The zero-order valence-corrected chi connectivity index (χ0v) is 19.1. The van der Waals surface area contributed by atoms with Crippen LogP contribution in [0.5, 0.6) is 5.75 Å². The van der Waals surface area contributed by atoms with Gasteiger partial charge in [0.25, 0.3) is 10.2 Å². The van der Waals surface area contributed by atoms with Crippen molar-refractivity contribution < 1.29 is 13.2 Å². The average molecular weight is 468 g/mol. The summed E-state index contributed by atoms with van der Waals surface area (Å²) in [6.07, 6.45) is 5.02. The summed E-state index contributed by atoms with van der Waals surface area (Å²) in [5.74, 6) is 1.29. The molecule has 11 heteroatoms. The molecule has 0 radical (unpaired) electrons. The summed E-state index contributed by atoms with van der Waals surface area (Å²) in [6.45, 7) is 1.89. The molecule has 2 aromatic heterocycles. The highest BCUT2D eigenvalue weighted by molar-refractivity contribution is 7.86. The van der Waals surface area contributed by atoms with Crippen molar-refractivity contribution in [1.29, 1.82) is 5.26 Å². The fourth-order valence-electron chi connectivity index (χ4n) is 4.42. The molecule has 5 rings (SSSR count). The van der Waals surface area contributed by atoms with Crippen LogP contribution in [0, 0.1) is 11.3 Å². The van der Waals surface area contributed by atoms with Crippen LogP contribution in [0.25, 0.3) is 11.0 Å². The number of aromatic amines is 1. The second-order valence-electron chi connectivity index (χ2n) is 8.44. The number of nitrogens with zero attached hydrogens (tertiary/aromatic N) is 6. The summed E-state index contributed by atoms with van der Waals surface area (Å²) in [4.78, 5) is 14.0. The van der Waals surface area contributed by atoms with Gasteiger partial charge < -0.3 is 14.6 Å². The monoisotopic (exact) mass is 467 g/mol. The minimum Gasteiger partial charge on any atom is -0.491 e. The number of hydrogen-bond acceptors (Lipinski definition) is 7. The number of aromatic nitrogens is 3. The van der Waals surface area contributed by atoms with Gasteiger partial charge in [0.2, 0.25) is 0 Å². The number of anilines is 1. The van der Waals surface area contributed by atoms with Gasteiger partial charge in [-0.15, -0.1) is 0 Å². The number of H-pyrrole nitrogens is 1. The average Bonchev–Trinajstić information content (AvgIpc) is 3.39. The molecule has 10 nitrogen and oxygen atoms in total. The predicted molar refractivity (Wildman–Crippen MR) is 123 cm³/mol. The summed E-state index contributed by atoms with van der Waals surface area (Å²) in [5.41, 5.74) is 0.794. The fourth-order valence-corrected chi connectivity index (χ4v) is 6.10. The summed E-state index contributed by atoms with van der Waals surface area (Å²) in [6, 6.07) is 11.0.